The number of carbonyl (C=O) groups excluding carboxylic acids is 1. The molecular formula is C17H28N2O. The number of urea groups is 1. The van der Waals surface area contributed by atoms with Crippen LogP contribution in [0.1, 0.15) is 46.1 Å². The van der Waals surface area contributed by atoms with Crippen molar-refractivity contribution in [3.05, 3.63) is 35.9 Å². The van der Waals surface area contributed by atoms with Crippen LogP contribution in [-0.4, -0.2) is 23.5 Å². The molecule has 112 valence electrons. The average molecular weight is 276 g/mol. The lowest BCUT2D eigenvalue weighted by Gasteiger charge is -2.32. The number of carbonyl (C=O) groups is 1. The van der Waals surface area contributed by atoms with Crippen molar-refractivity contribution in [2.45, 2.75) is 53.1 Å². The maximum atomic E-state index is 12.4. The molecule has 1 rings (SSSR count). The summed E-state index contributed by atoms with van der Waals surface area (Å²) in [6.45, 7) is 10.00. The highest BCUT2D eigenvalue weighted by molar-refractivity contribution is 5.74. The molecule has 3 nitrogen and oxygen atoms in total. The third kappa shape index (κ3) is 5.24. The van der Waals surface area contributed by atoms with Crippen molar-refractivity contribution in [1.82, 2.24) is 10.2 Å². The molecule has 0 saturated carbocycles. The Hall–Kier alpha value is -1.51. The van der Waals surface area contributed by atoms with Crippen molar-refractivity contribution in [1.29, 1.82) is 0 Å². The van der Waals surface area contributed by atoms with Gasteiger partial charge in [-0.3, -0.25) is 0 Å². The number of benzene rings is 1. The van der Waals surface area contributed by atoms with Crippen LogP contribution in [0.25, 0.3) is 0 Å². The molecule has 0 spiro atoms. The number of hydrogen-bond donors (Lipinski definition) is 1. The molecule has 0 saturated heterocycles. The Kier molecular flexibility index (Phi) is 7.13. The Morgan fingerprint density at radius 2 is 1.75 bits per heavy atom. The fourth-order valence-electron chi connectivity index (χ4n) is 2.40. The van der Waals surface area contributed by atoms with E-state index >= 15 is 0 Å². The predicted molar refractivity (Wildman–Crippen MR) is 84.6 cm³/mol. The zero-order chi connectivity index (χ0) is 15.0. The van der Waals surface area contributed by atoms with Gasteiger partial charge in [-0.05, 0) is 24.3 Å². The summed E-state index contributed by atoms with van der Waals surface area (Å²) in [4.78, 5) is 14.4. The van der Waals surface area contributed by atoms with Crippen LogP contribution in [0, 0.1) is 5.92 Å². The first kappa shape index (κ1) is 16.5. The van der Waals surface area contributed by atoms with E-state index in [-0.39, 0.29) is 6.03 Å². The van der Waals surface area contributed by atoms with E-state index in [1.54, 1.807) is 0 Å². The zero-order valence-electron chi connectivity index (χ0n) is 13.2. The van der Waals surface area contributed by atoms with Gasteiger partial charge in [0.2, 0.25) is 0 Å². The summed E-state index contributed by atoms with van der Waals surface area (Å²) in [7, 11) is 0. The molecule has 20 heavy (non-hydrogen) atoms. The molecule has 0 aromatic heterocycles. The highest BCUT2D eigenvalue weighted by Gasteiger charge is 2.21. The molecule has 0 atom stereocenters. The van der Waals surface area contributed by atoms with E-state index in [1.165, 1.54) is 0 Å². The number of nitrogens with zero attached hydrogens (tertiary/aromatic N) is 1. The van der Waals surface area contributed by atoms with Gasteiger partial charge in [-0.25, -0.2) is 4.79 Å². The molecule has 0 aliphatic rings. The maximum absolute atomic E-state index is 12.4. The van der Waals surface area contributed by atoms with E-state index in [4.69, 9.17) is 0 Å². The summed E-state index contributed by atoms with van der Waals surface area (Å²) in [5.41, 5.74) is 1.13. The van der Waals surface area contributed by atoms with Crippen LogP contribution in [0.3, 0.4) is 0 Å². The SMILES string of the molecule is CCC(CC)N(CC(C)C)C(=O)NCc1ccccc1. The van der Waals surface area contributed by atoms with Crippen LogP contribution < -0.4 is 5.32 Å². The lowest BCUT2D eigenvalue weighted by atomic mass is 10.1. The van der Waals surface area contributed by atoms with Crippen LogP contribution >= 0.6 is 0 Å². The van der Waals surface area contributed by atoms with Gasteiger partial charge in [0.05, 0.1) is 0 Å². The second-order valence-electron chi connectivity index (χ2n) is 5.66. The second kappa shape index (κ2) is 8.62. The maximum Gasteiger partial charge on any atom is 0.317 e. The van der Waals surface area contributed by atoms with Gasteiger partial charge in [-0.1, -0.05) is 58.0 Å². The van der Waals surface area contributed by atoms with Crippen molar-refractivity contribution in [3.8, 4) is 0 Å². The van der Waals surface area contributed by atoms with Gasteiger partial charge in [0.25, 0.3) is 0 Å². The van der Waals surface area contributed by atoms with Crippen molar-refractivity contribution in [2.24, 2.45) is 5.92 Å². The van der Waals surface area contributed by atoms with E-state index in [0.29, 0.717) is 18.5 Å². The van der Waals surface area contributed by atoms with Crippen LogP contribution in [0.5, 0.6) is 0 Å². The Labute approximate surface area is 123 Å². The minimum atomic E-state index is 0.0521. The molecule has 0 aliphatic carbocycles. The van der Waals surface area contributed by atoms with E-state index in [1.807, 2.05) is 35.2 Å². The third-order valence-electron chi connectivity index (χ3n) is 3.49. The fourth-order valence-corrected chi connectivity index (χ4v) is 2.40. The normalized spacial score (nSPS) is 10.9. The third-order valence-corrected chi connectivity index (χ3v) is 3.49. The smallest absolute Gasteiger partial charge is 0.317 e. The minimum Gasteiger partial charge on any atom is -0.334 e. The van der Waals surface area contributed by atoms with Crippen LogP contribution in [0.4, 0.5) is 4.79 Å². The monoisotopic (exact) mass is 276 g/mol. The molecule has 3 heteroatoms. The summed E-state index contributed by atoms with van der Waals surface area (Å²) < 4.78 is 0. The first-order chi connectivity index (χ1) is 9.58. The van der Waals surface area contributed by atoms with Gasteiger partial charge in [0.15, 0.2) is 0 Å². The average Bonchev–Trinajstić information content (AvgIpc) is 2.45. The summed E-state index contributed by atoms with van der Waals surface area (Å²) in [6, 6.07) is 10.4. The number of amides is 2. The second-order valence-corrected chi connectivity index (χ2v) is 5.66. The summed E-state index contributed by atoms with van der Waals surface area (Å²) >= 11 is 0. The van der Waals surface area contributed by atoms with E-state index in [9.17, 15) is 4.79 Å². The Morgan fingerprint density at radius 1 is 1.15 bits per heavy atom. The van der Waals surface area contributed by atoms with Crippen LogP contribution in [0.15, 0.2) is 30.3 Å². The molecule has 0 heterocycles. The number of hydrogen-bond acceptors (Lipinski definition) is 1. The van der Waals surface area contributed by atoms with Crippen molar-refractivity contribution in [3.63, 3.8) is 0 Å². The molecule has 2 amide bonds. The molecule has 1 N–H and O–H groups in total. The topological polar surface area (TPSA) is 32.3 Å². The van der Waals surface area contributed by atoms with Crippen molar-refractivity contribution >= 4 is 6.03 Å². The summed E-state index contributed by atoms with van der Waals surface area (Å²) in [5, 5.41) is 3.04. The number of rotatable bonds is 7. The zero-order valence-corrected chi connectivity index (χ0v) is 13.2. The van der Waals surface area contributed by atoms with Crippen molar-refractivity contribution in [2.75, 3.05) is 6.54 Å². The molecule has 0 fully saturated rings. The molecular weight excluding hydrogens is 248 g/mol. The first-order valence-electron chi connectivity index (χ1n) is 7.66. The molecule has 1 aromatic carbocycles. The van der Waals surface area contributed by atoms with Gasteiger partial charge >= 0.3 is 6.03 Å². The van der Waals surface area contributed by atoms with Gasteiger partial charge in [0, 0.05) is 19.1 Å². The van der Waals surface area contributed by atoms with Crippen LogP contribution in [0.2, 0.25) is 0 Å². The van der Waals surface area contributed by atoms with Gasteiger partial charge in [-0.15, -0.1) is 0 Å². The summed E-state index contributed by atoms with van der Waals surface area (Å²) in [5.74, 6) is 0.484. The Morgan fingerprint density at radius 3 is 2.25 bits per heavy atom. The predicted octanol–water partition coefficient (Wildman–Crippen LogP) is 4.04. The highest BCUT2D eigenvalue weighted by atomic mass is 16.2. The van der Waals surface area contributed by atoms with Gasteiger partial charge < -0.3 is 10.2 Å². The molecule has 0 bridgehead atoms. The van der Waals surface area contributed by atoms with E-state index in [0.717, 1.165) is 24.9 Å². The quantitative estimate of drug-likeness (QED) is 0.801. The first-order valence-corrected chi connectivity index (χ1v) is 7.66. The molecule has 1 aromatic rings. The fraction of sp³-hybridized carbons (Fsp3) is 0.588. The van der Waals surface area contributed by atoms with E-state index < -0.39 is 0 Å². The van der Waals surface area contributed by atoms with E-state index in [2.05, 4.69) is 33.0 Å². The van der Waals surface area contributed by atoms with Crippen molar-refractivity contribution < 1.29 is 4.79 Å². The number of nitrogens with one attached hydrogen (secondary N) is 1. The summed E-state index contributed by atoms with van der Waals surface area (Å²) in [6.07, 6.45) is 2.00. The van der Waals surface area contributed by atoms with Crippen LogP contribution in [-0.2, 0) is 6.54 Å². The largest absolute Gasteiger partial charge is 0.334 e. The lowest BCUT2D eigenvalue weighted by molar-refractivity contribution is 0.160. The Bertz CT molecular complexity index is 385. The molecule has 0 unspecified atom stereocenters. The highest BCUT2D eigenvalue weighted by Crippen LogP contribution is 2.12. The molecule has 0 radical (unpaired) electrons. The lowest BCUT2D eigenvalue weighted by Crippen LogP contribution is -2.47. The van der Waals surface area contributed by atoms with Gasteiger partial charge in [0.1, 0.15) is 0 Å². The Balaban J connectivity index is 2.63. The van der Waals surface area contributed by atoms with Gasteiger partial charge in [-0.2, -0.15) is 0 Å². The molecule has 0 aliphatic heterocycles. The standard InChI is InChI=1S/C17H28N2O/c1-5-16(6-2)19(13-14(3)4)17(20)18-12-15-10-8-7-9-11-15/h7-11,14,16H,5-6,12-13H2,1-4H3,(H,18,20). The minimum absolute atomic E-state index is 0.0521.